The van der Waals surface area contributed by atoms with Gasteiger partial charge in [-0.05, 0) is 13.8 Å². The van der Waals surface area contributed by atoms with Crippen LogP contribution in [0.2, 0.25) is 0 Å². The molecule has 0 amide bonds. The largest absolute Gasteiger partial charge is 0.345 e. The molecule has 0 aromatic carbocycles. The summed E-state index contributed by atoms with van der Waals surface area (Å²) in [6, 6.07) is 0.0613. The number of imidazole rings is 1. The van der Waals surface area contributed by atoms with Gasteiger partial charge in [-0.25, -0.2) is 4.98 Å². The minimum Gasteiger partial charge on any atom is -0.345 e. The van der Waals surface area contributed by atoms with Crippen LogP contribution in [-0.2, 0) is 0 Å². The summed E-state index contributed by atoms with van der Waals surface area (Å²) in [6.45, 7) is 3.83. The summed E-state index contributed by atoms with van der Waals surface area (Å²) in [6.07, 6.45) is 1.76. The average molecular weight is 125 g/mol. The highest BCUT2D eigenvalue weighted by atomic mass is 14.9. The molecular weight excluding hydrogens is 114 g/mol. The smallest absolute Gasteiger partial charge is 0.103 e. The Kier molecular flexibility index (Phi) is 1.53. The molecule has 0 bridgehead atoms. The summed E-state index contributed by atoms with van der Waals surface area (Å²) in [5.74, 6) is 0.919. The summed E-state index contributed by atoms with van der Waals surface area (Å²) in [7, 11) is 0. The van der Waals surface area contributed by atoms with Gasteiger partial charge in [0, 0.05) is 12.2 Å². The highest BCUT2D eigenvalue weighted by Crippen LogP contribution is 2.03. The molecule has 0 aliphatic rings. The van der Waals surface area contributed by atoms with Crippen molar-refractivity contribution in [1.29, 1.82) is 0 Å². The summed E-state index contributed by atoms with van der Waals surface area (Å²) in [4.78, 5) is 7.04. The van der Waals surface area contributed by atoms with E-state index in [0.717, 1.165) is 11.5 Å². The Bertz CT molecular complexity index is 190. The normalized spacial score (nSPS) is 13.7. The molecule has 9 heavy (non-hydrogen) atoms. The zero-order chi connectivity index (χ0) is 6.85. The van der Waals surface area contributed by atoms with Gasteiger partial charge in [-0.1, -0.05) is 0 Å². The highest BCUT2D eigenvalue weighted by Gasteiger charge is 1.99. The molecule has 0 fully saturated rings. The van der Waals surface area contributed by atoms with Crippen LogP contribution < -0.4 is 5.73 Å². The van der Waals surface area contributed by atoms with Crippen molar-refractivity contribution in [2.45, 2.75) is 19.9 Å². The third kappa shape index (κ3) is 1.29. The van der Waals surface area contributed by atoms with E-state index in [2.05, 4.69) is 9.97 Å². The second-order valence-corrected chi connectivity index (χ2v) is 2.21. The number of aromatic amines is 1. The van der Waals surface area contributed by atoms with Gasteiger partial charge in [0.2, 0.25) is 0 Å². The fourth-order valence-electron chi connectivity index (χ4n) is 0.671. The Morgan fingerprint density at radius 1 is 1.78 bits per heavy atom. The van der Waals surface area contributed by atoms with Gasteiger partial charge in [0.25, 0.3) is 0 Å². The van der Waals surface area contributed by atoms with Crippen LogP contribution in [0.5, 0.6) is 0 Å². The van der Waals surface area contributed by atoms with Crippen LogP contribution in [0.4, 0.5) is 0 Å². The molecule has 0 radical (unpaired) electrons. The topological polar surface area (TPSA) is 54.7 Å². The molecule has 50 valence electrons. The Morgan fingerprint density at radius 2 is 2.44 bits per heavy atom. The maximum atomic E-state index is 5.56. The lowest BCUT2D eigenvalue weighted by atomic mass is 10.3. The maximum Gasteiger partial charge on any atom is 0.103 e. The zero-order valence-electron chi connectivity index (χ0n) is 5.68. The van der Waals surface area contributed by atoms with E-state index < -0.39 is 0 Å². The molecule has 3 N–H and O–H groups in total. The molecule has 0 aliphatic carbocycles. The minimum atomic E-state index is 0.0613. The molecule has 1 atom stereocenters. The molecule has 0 saturated heterocycles. The third-order valence-corrected chi connectivity index (χ3v) is 1.21. The first-order chi connectivity index (χ1) is 4.20. The van der Waals surface area contributed by atoms with Crippen LogP contribution in [0, 0.1) is 6.92 Å². The Balaban J connectivity index is 2.85. The molecule has 1 unspecified atom stereocenters. The summed E-state index contributed by atoms with van der Waals surface area (Å²) < 4.78 is 0. The van der Waals surface area contributed by atoms with Crippen molar-refractivity contribution in [3.8, 4) is 0 Å². The number of nitrogens with zero attached hydrogens (tertiary/aromatic N) is 1. The second-order valence-electron chi connectivity index (χ2n) is 2.21. The molecule has 0 spiro atoms. The second kappa shape index (κ2) is 2.19. The maximum absolute atomic E-state index is 5.56. The van der Waals surface area contributed by atoms with Crippen molar-refractivity contribution in [1.82, 2.24) is 9.97 Å². The van der Waals surface area contributed by atoms with Gasteiger partial charge in [-0.3, -0.25) is 0 Å². The highest BCUT2D eigenvalue weighted by molar-refractivity contribution is 5.03. The van der Waals surface area contributed by atoms with Crippen molar-refractivity contribution >= 4 is 0 Å². The van der Waals surface area contributed by atoms with Gasteiger partial charge in [0.1, 0.15) is 5.82 Å². The number of hydrogen-bond acceptors (Lipinski definition) is 2. The lowest BCUT2D eigenvalue weighted by Crippen LogP contribution is -2.04. The first-order valence-electron chi connectivity index (χ1n) is 2.97. The van der Waals surface area contributed by atoms with Crippen LogP contribution in [-0.4, -0.2) is 9.97 Å². The molecule has 1 aromatic rings. The van der Waals surface area contributed by atoms with Crippen molar-refractivity contribution in [2.75, 3.05) is 0 Å². The van der Waals surface area contributed by atoms with Crippen LogP contribution in [0.3, 0.4) is 0 Å². The molecule has 0 aliphatic heterocycles. The van der Waals surface area contributed by atoms with Gasteiger partial charge in [0.15, 0.2) is 0 Å². The number of aromatic nitrogens is 2. The number of H-pyrrole nitrogens is 1. The SMILES string of the molecule is Cc1ncc(C(C)N)[nH]1. The molecule has 1 rings (SSSR count). The summed E-state index contributed by atoms with van der Waals surface area (Å²) >= 11 is 0. The van der Waals surface area contributed by atoms with Gasteiger partial charge >= 0.3 is 0 Å². The van der Waals surface area contributed by atoms with Gasteiger partial charge < -0.3 is 10.7 Å². The summed E-state index contributed by atoms with van der Waals surface area (Å²) in [5.41, 5.74) is 6.55. The van der Waals surface area contributed by atoms with Crippen LogP contribution >= 0.6 is 0 Å². The fourth-order valence-corrected chi connectivity index (χ4v) is 0.671. The van der Waals surface area contributed by atoms with E-state index in [9.17, 15) is 0 Å². The van der Waals surface area contributed by atoms with E-state index >= 15 is 0 Å². The quantitative estimate of drug-likeness (QED) is 0.581. The molecule has 1 heterocycles. The molecule has 0 saturated carbocycles. The lowest BCUT2D eigenvalue weighted by molar-refractivity contribution is 0.786. The Morgan fingerprint density at radius 3 is 2.67 bits per heavy atom. The van der Waals surface area contributed by atoms with Gasteiger partial charge in [0.05, 0.1) is 5.69 Å². The Labute approximate surface area is 54.3 Å². The average Bonchev–Trinajstić information content (AvgIpc) is 2.14. The molecular formula is C6H11N3. The monoisotopic (exact) mass is 125 g/mol. The number of hydrogen-bond donors (Lipinski definition) is 2. The number of rotatable bonds is 1. The van der Waals surface area contributed by atoms with Crippen LogP contribution in [0.1, 0.15) is 24.5 Å². The van der Waals surface area contributed by atoms with E-state index in [1.54, 1.807) is 6.20 Å². The van der Waals surface area contributed by atoms with Crippen molar-refractivity contribution in [2.24, 2.45) is 5.73 Å². The van der Waals surface area contributed by atoms with Crippen LogP contribution in [0.25, 0.3) is 0 Å². The number of nitrogens with one attached hydrogen (secondary N) is 1. The van der Waals surface area contributed by atoms with E-state index in [-0.39, 0.29) is 6.04 Å². The summed E-state index contributed by atoms with van der Waals surface area (Å²) in [5, 5.41) is 0. The third-order valence-electron chi connectivity index (χ3n) is 1.21. The zero-order valence-corrected chi connectivity index (χ0v) is 5.68. The molecule has 3 heteroatoms. The van der Waals surface area contributed by atoms with E-state index in [1.165, 1.54) is 0 Å². The minimum absolute atomic E-state index is 0.0613. The number of nitrogens with two attached hydrogens (primary N) is 1. The standard InChI is InChI=1S/C6H11N3/c1-4(7)6-3-8-5(2)9-6/h3-4H,7H2,1-2H3,(H,8,9). The van der Waals surface area contributed by atoms with E-state index in [4.69, 9.17) is 5.73 Å². The van der Waals surface area contributed by atoms with Crippen molar-refractivity contribution in [3.05, 3.63) is 17.7 Å². The molecule has 3 nitrogen and oxygen atoms in total. The first-order valence-corrected chi connectivity index (χ1v) is 2.97. The van der Waals surface area contributed by atoms with Crippen molar-refractivity contribution in [3.63, 3.8) is 0 Å². The Hall–Kier alpha value is -0.830. The van der Waals surface area contributed by atoms with Crippen LogP contribution in [0.15, 0.2) is 6.20 Å². The predicted octanol–water partition coefficient (Wildman–Crippen LogP) is 0.738. The number of aryl methyl sites for hydroxylation is 1. The van der Waals surface area contributed by atoms with Gasteiger partial charge in [-0.15, -0.1) is 0 Å². The lowest BCUT2D eigenvalue weighted by Gasteiger charge is -1.97. The first kappa shape index (κ1) is 6.29. The van der Waals surface area contributed by atoms with E-state index in [1.807, 2.05) is 13.8 Å². The van der Waals surface area contributed by atoms with Crippen molar-refractivity contribution < 1.29 is 0 Å². The molecule has 1 aromatic heterocycles. The fraction of sp³-hybridized carbons (Fsp3) is 0.500. The van der Waals surface area contributed by atoms with Gasteiger partial charge in [-0.2, -0.15) is 0 Å². The predicted molar refractivity (Wildman–Crippen MR) is 35.9 cm³/mol. The van der Waals surface area contributed by atoms with E-state index in [0.29, 0.717) is 0 Å².